The maximum absolute atomic E-state index is 12.4. The molecule has 0 spiro atoms. The maximum atomic E-state index is 12.4. The Morgan fingerprint density at radius 3 is 2.40 bits per heavy atom. The second kappa shape index (κ2) is 8.33. The number of thiazole rings is 1. The molecule has 8 heteroatoms. The molecule has 0 aliphatic carbocycles. The number of nitrogens with one attached hydrogen (secondary N) is 1. The van der Waals surface area contributed by atoms with Crippen LogP contribution in [-0.2, 0) is 10.0 Å². The number of hydrogen-bond donors (Lipinski definition) is 1. The van der Waals surface area contributed by atoms with E-state index in [4.69, 9.17) is 4.74 Å². The molecule has 3 rings (SSSR count). The van der Waals surface area contributed by atoms with E-state index < -0.39 is 10.0 Å². The number of benzene rings is 2. The Kier molecular flexibility index (Phi) is 6.41. The van der Waals surface area contributed by atoms with E-state index >= 15 is 0 Å². The SMILES string of the molecule is CCOc1ccc(S(=O)(=O)Nc2nc(-c3ccccc3)cs2)cc1.Cl. The van der Waals surface area contributed by atoms with Gasteiger partial charge in [-0.2, -0.15) is 0 Å². The van der Waals surface area contributed by atoms with Crippen molar-refractivity contribution in [2.24, 2.45) is 0 Å². The van der Waals surface area contributed by atoms with Gasteiger partial charge in [0.15, 0.2) is 5.13 Å². The first-order valence-electron chi connectivity index (χ1n) is 7.35. The van der Waals surface area contributed by atoms with Crippen LogP contribution in [0.5, 0.6) is 5.75 Å². The molecule has 1 heterocycles. The van der Waals surface area contributed by atoms with Crippen LogP contribution < -0.4 is 9.46 Å². The van der Waals surface area contributed by atoms with Gasteiger partial charge >= 0.3 is 0 Å². The number of halogens is 1. The average Bonchev–Trinajstić information content (AvgIpc) is 3.04. The molecule has 0 atom stereocenters. The maximum Gasteiger partial charge on any atom is 0.263 e. The summed E-state index contributed by atoms with van der Waals surface area (Å²) < 4.78 is 32.7. The Balaban J connectivity index is 0.00000225. The summed E-state index contributed by atoms with van der Waals surface area (Å²) in [4.78, 5) is 4.51. The van der Waals surface area contributed by atoms with Crippen molar-refractivity contribution >= 4 is 38.9 Å². The number of ether oxygens (including phenoxy) is 1. The van der Waals surface area contributed by atoms with E-state index in [0.717, 1.165) is 11.3 Å². The summed E-state index contributed by atoms with van der Waals surface area (Å²) in [5.74, 6) is 0.636. The Bertz CT molecular complexity index is 911. The van der Waals surface area contributed by atoms with Crippen molar-refractivity contribution in [1.29, 1.82) is 0 Å². The van der Waals surface area contributed by atoms with Crippen molar-refractivity contribution in [2.45, 2.75) is 11.8 Å². The smallest absolute Gasteiger partial charge is 0.263 e. The highest BCUT2D eigenvalue weighted by Gasteiger charge is 2.16. The number of anilines is 1. The van der Waals surface area contributed by atoms with Gasteiger partial charge < -0.3 is 4.74 Å². The van der Waals surface area contributed by atoms with Gasteiger partial charge in [0.25, 0.3) is 10.0 Å². The zero-order valence-electron chi connectivity index (χ0n) is 13.4. The predicted molar refractivity (Wildman–Crippen MR) is 103 cm³/mol. The molecule has 0 radical (unpaired) electrons. The fourth-order valence-corrected chi connectivity index (χ4v) is 4.09. The highest BCUT2D eigenvalue weighted by atomic mass is 35.5. The van der Waals surface area contributed by atoms with Crippen LogP contribution in [0.25, 0.3) is 11.3 Å². The summed E-state index contributed by atoms with van der Waals surface area (Å²) >= 11 is 1.25. The van der Waals surface area contributed by atoms with Gasteiger partial charge in [-0.1, -0.05) is 30.3 Å². The number of hydrogen-bond acceptors (Lipinski definition) is 5. The molecule has 132 valence electrons. The molecule has 0 aliphatic heterocycles. The van der Waals surface area contributed by atoms with Crippen molar-refractivity contribution in [3.8, 4) is 17.0 Å². The Hall–Kier alpha value is -2.09. The van der Waals surface area contributed by atoms with Crippen LogP contribution in [0.15, 0.2) is 64.9 Å². The third-order valence-electron chi connectivity index (χ3n) is 3.24. The van der Waals surface area contributed by atoms with Crippen LogP contribution in [0.3, 0.4) is 0 Å². The van der Waals surface area contributed by atoms with Crippen LogP contribution in [0.4, 0.5) is 5.13 Å². The summed E-state index contributed by atoms with van der Waals surface area (Å²) in [6.45, 7) is 2.41. The van der Waals surface area contributed by atoms with Crippen molar-refractivity contribution in [1.82, 2.24) is 4.98 Å². The van der Waals surface area contributed by atoms with Gasteiger partial charge in [-0.3, -0.25) is 4.72 Å². The van der Waals surface area contributed by atoms with Gasteiger partial charge in [0, 0.05) is 10.9 Å². The van der Waals surface area contributed by atoms with Crippen molar-refractivity contribution in [3.63, 3.8) is 0 Å². The Morgan fingerprint density at radius 1 is 1.08 bits per heavy atom. The minimum Gasteiger partial charge on any atom is -0.494 e. The fraction of sp³-hybridized carbons (Fsp3) is 0.118. The highest BCUT2D eigenvalue weighted by molar-refractivity contribution is 7.93. The Morgan fingerprint density at radius 2 is 1.76 bits per heavy atom. The quantitative estimate of drug-likeness (QED) is 0.669. The lowest BCUT2D eigenvalue weighted by Crippen LogP contribution is -2.12. The molecule has 1 N–H and O–H groups in total. The van der Waals surface area contributed by atoms with Gasteiger partial charge in [0.05, 0.1) is 17.2 Å². The largest absolute Gasteiger partial charge is 0.494 e. The first-order valence-corrected chi connectivity index (χ1v) is 9.71. The molecule has 0 saturated heterocycles. The monoisotopic (exact) mass is 396 g/mol. The first kappa shape index (κ1) is 19.2. The molecule has 0 unspecified atom stereocenters. The summed E-state index contributed by atoms with van der Waals surface area (Å²) in [7, 11) is -3.67. The van der Waals surface area contributed by atoms with Crippen LogP contribution in [0.1, 0.15) is 6.92 Å². The zero-order chi connectivity index (χ0) is 17.0. The predicted octanol–water partition coefficient (Wildman–Crippen LogP) is 4.43. The van der Waals surface area contributed by atoms with E-state index in [9.17, 15) is 8.42 Å². The topological polar surface area (TPSA) is 68.3 Å². The van der Waals surface area contributed by atoms with E-state index in [2.05, 4.69) is 9.71 Å². The Labute approximate surface area is 157 Å². The average molecular weight is 397 g/mol. The van der Waals surface area contributed by atoms with Crippen LogP contribution in [-0.4, -0.2) is 20.0 Å². The van der Waals surface area contributed by atoms with E-state index in [0.29, 0.717) is 17.5 Å². The number of aromatic nitrogens is 1. The van der Waals surface area contributed by atoms with Gasteiger partial charge in [-0.05, 0) is 31.2 Å². The molecule has 3 aromatic rings. The molecule has 0 fully saturated rings. The van der Waals surface area contributed by atoms with E-state index in [1.54, 1.807) is 12.1 Å². The van der Waals surface area contributed by atoms with Gasteiger partial charge in [-0.25, -0.2) is 13.4 Å². The molecule has 1 aromatic heterocycles. The second-order valence-corrected chi connectivity index (χ2v) is 7.45. The molecule has 0 saturated carbocycles. The van der Waals surface area contributed by atoms with E-state index in [-0.39, 0.29) is 17.3 Å². The van der Waals surface area contributed by atoms with Crippen molar-refractivity contribution < 1.29 is 13.2 Å². The molecule has 0 aliphatic rings. The van der Waals surface area contributed by atoms with E-state index in [1.807, 2.05) is 42.6 Å². The summed E-state index contributed by atoms with van der Waals surface area (Å²) in [5.41, 5.74) is 1.69. The normalized spacial score (nSPS) is 10.8. The number of rotatable bonds is 6. The van der Waals surface area contributed by atoms with E-state index in [1.165, 1.54) is 23.5 Å². The third kappa shape index (κ3) is 4.72. The van der Waals surface area contributed by atoms with Crippen LogP contribution in [0, 0.1) is 0 Å². The lowest BCUT2D eigenvalue weighted by Gasteiger charge is -2.07. The molecule has 0 bridgehead atoms. The first-order chi connectivity index (χ1) is 11.6. The van der Waals surface area contributed by atoms with Gasteiger partial charge in [0.2, 0.25) is 0 Å². The van der Waals surface area contributed by atoms with Crippen molar-refractivity contribution in [2.75, 3.05) is 11.3 Å². The lowest BCUT2D eigenvalue weighted by molar-refractivity contribution is 0.340. The summed E-state index contributed by atoms with van der Waals surface area (Å²) in [6.07, 6.45) is 0. The minimum atomic E-state index is -3.67. The van der Waals surface area contributed by atoms with Gasteiger partial charge in [-0.15, -0.1) is 23.7 Å². The molecule has 2 aromatic carbocycles. The summed E-state index contributed by atoms with van der Waals surface area (Å²) in [5, 5.41) is 2.16. The van der Waals surface area contributed by atoms with Crippen molar-refractivity contribution in [3.05, 3.63) is 60.0 Å². The number of sulfonamides is 1. The van der Waals surface area contributed by atoms with Crippen LogP contribution >= 0.6 is 23.7 Å². The standard InChI is InChI=1S/C17H16N2O3S2.ClH/c1-2-22-14-8-10-15(11-9-14)24(20,21)19-17-18-16(12-23-17)13-6-4-3-5-7-13;/h3-12H,2H2,1H3,(H,18,19);1H. The minimum absolute atomic E-state index is 0. The molecule has 0 amide bonds. The van der Waals surface area contributed by atoms with Crippen LogP contribution in [0.2, 0.25) is 0 Å². The van der Waals surface area contributed by atoms with Gasteiger partial charge in [0.1, 0.15) is 5.75 Å². The molecular weight excluding hydrogens is 380 g/mol. The third-order valence-corrected chi connectivity index (χ3v) is 5.48. The fourth-order valence-electron chi connectivity index (χ4n) is 2.12. The zero-order valence-corrected chi connectivity index (χ0v) is 15.8. The lowest BCUT2D eigenvalue weighted by atomic mass is 10.2. The second-order valence-electron chi connectivity index (χ2n) is 4.91. The molecule has 25 heavy (non-hydrogen) atoms. The molecular formula is C17H17ClN2O3S2. The highest BCUT2D eigenvalue weighted by Crippen LogP contribution is 2.26. The molecule has 5 nitrogen and oxygen atoms in total. The summed E-state index contributed by atoms with van der Waals surface area (Å²) in [6, 6.07) is 15.9. The number of nitrogens with zero attached hydrogens (tertiary/aromatic N) is 1.